The Labute approximate surface area is 94.4 Å². The fraction of sp³-hybridized carbons (Fsp3) is 0.417. The summed E-state index contributed by atoms with van der Waals surface area (Å²) in [5.41, 5.74) is 0.936. The zero-order valence-electron chi connectivity index (χ0n) is 9.22. The Morgan fingerprint density at radius 1 is 1.56 bits per heavy atom. The molecule has 0 bridgehead atoms. The van der Waals surface area contributed by atoms with Gasteiger partial charge >= 0.3 is 0 Å². The van der Waals surface area contributed by atoms with Gasteiger partial charge in [0.05, 0.1) is 19.6 Å². The lowest BCUT2D eigenvalue weighted by molar-refractivity contribution is -0.140. The van der Waals surface area contributed by atoms with Crippen LogP contribution in [0.1, 0.15) is 5.56 Å². The molecule has 16 heavy (non-hydrogen) atoms. The van der Waals surface area contributed by atoms with Gasteiger partial charge in [0, 0.05) is 13.1 Å². The Bertz CT molecular complexity index is 386. The zero-order valence-corrected chi connectivity index (χ0v) is 9.22. The number of aliphatic hydroxyl groups excluding tert-OH is 1. The molecule has 4 nitrogen and oxygen atoms in total. The first kappa shape index (κ1) is 11.0. The summed E-state index contributed by atoms with van der Waals surface area (Å²) in [6, 6.07) is 7.47. The maximum atomic E-state index is 11.7. The predicted octanol–water partition coefficient (Wildman–Crippen LogP) is 0.441. The lowest BCUT2D eigenvalue weighted by Gasteiger charge is -2.35. The summed E-state index contributed by atoms with van der Waals surface area (Å²) in [4.78, 5) is 13.4. The number of carbonyl (C=O) groups is 1. The quantitative estimate of drug-likeness (QED) is 0.805. The number of hydrogen-bond donors (Lipinski definition) is 1. The Morgan fingerprint density at radius 3 is 2.94 bits per heavy atom. The molecule has 0 aromatic heterocycles. The molecule has 86 valence electrons. The van der Waals surface area contributed by atoms with Crippen molar-refractivity contribution in [2.24, 2.45) is 0 Å². The van der Waals surface area contributed by atoms with E-state index in [1.165, 1.54) is 0 Å². The predicted molar refractivity (Wildman–Crippen MR) is 59.3 cm³/mol. The van der Waals surface area contributed by atoms with Crippen LogP contribution in [-0.2, 0) is 11.2 Å². The van der Waals surface area contributed by atoms with Crippen LogP contribution in [0.3, 0.4) is 0 Å². The molecule has 2 rings (SSSR count). The first-order chi connectivity index (χ1) is 7.69. The summed E-state index contributed by atoms with van der Waals surface area (Å²) in [5.74, 6) is 0.812. The molecule has 1 aromatic rings. The number of β-amino-alcohol motifs (C(OH)–C–C–N with tert-alkyl or cyclic N) is 1. The van der Waals surface area contributed by atoms with E-state index in [0.717, 1.165) is 11.3 Å². The van der Waals surface area contributed by atoms with E-state index in [2.05, 4.69) is 0 Å². The molecule has 1 N–H and O–H groups in total. The van der Waals surface area contributed by atoms with E-state index < -0.39 is 0 Å². The van der Waals surface area contributed by atoms with Crippen LogP contribution in [0.2, 0.25) is 0 Å². The number of benzene rings is 1. The molecule has 4 heteroatoms. The Balaban J connectivity index is 1.95. The number of carbonyl (C=O) groups excluding carboxylic acids is 1. The van der Waals surface area contributed by atoms with Gasteiger partial charge in [-0.1, -0.05) is 12.1 Å². The van der Waals surface area contributed by atoms with Crippen molar-refractivity contribution in [1.82, 2.24) is 4.90 Å². The molecular formula is C12H15NO3. The molecule has 1 heterocycles. The highest BCUT2D eigenvalue weighted by Crippen LogP contribution is 2.15. The summed E-state index contributed by atoms with van der Waals surface area (Å²) >= 11 is 0. The molecule has 1 amide bonds. The number of likely N-dealkylation sites (tertiary alicyclic amines) is 1. The summed E-state index contributed by atoms with van der Waals surface area (Å²) in [7, 11) is 1.60. The van der Waals surface area contributed by atoms with E-state index in [9.17, 15) is 4.79 Å². The van der Waals surface area contributed by atoms with Crippen LogP contribution in [-0.4, -0.2) is 42.2 Å². The third-order valence-electron chi connectivity index (χ3n) is 2.70. The van der Waals surface area contributed by atoms with Gasteiger partial charge in [0.25, 0.3) is 0 Å². The number of rotatable bonds is 3. The second-order valence-corrected chi connectivity index (χ2v) is 3.98. The monoisotopic (exact) mass is 221 g/mol. The Morgan fingerprint density at radius 2 is 2.31 bits per heavy atom. The molecule has 0 radical (unpaired) electrons. The normalized spacial score (nSPS) is 15.8. The van der Waals surface area contributed by atoms with Crippen LogP contribution < -0.4 is 4.74 Å². The van der Waals surface area contributed by atoms with Gasteiger partial charge in [0.15, 0.2) is 0 Å². The molecule has 1 saturated heterocycles. The average Bonchev–Trinajstić information content (AvgIpc) is 2.25. The molecule has 1 aromatic carbocycles. The Kier molecular flexibility index (Phi) is 3.10. The van der Waals surface area contributed by atoms with Crippen molar-refractivity contribution >= 4 is 5.91 Å². The van der Waals surface area contributed by atoms with Crippen LogP contribution in [0.15, 0.2) is 24.3 Å². The van der Waals surface area contributed by atoms with Crippen LogP contribution in [0.4, 0.5) is 0 Å². The second-order valence-electron chi connectivity index (χ2n) is 3.98. The minimum absolute atomic E-state index is 0.0542. The molecule has 1 aliphatic rings. The SMILES string of the molecule is COc1cccc(CC(=O)N2CC(O)C2)c1. The number of aliphatic hydroxyl groups is 1. The molecule has 1 fully saturated rings. The van der Waals surface area contributed by atoms with Crippen molar-refractivity contribution in [2.75, 3.05) is 20.2 Å². The molecule has 0 spiro atoms. The fourth-order valence-corrected chi connectivity index (χ4v) is 1.73. The van der Waals surface area contributed by atoms with Crippen LogP contribution >= 0.6 is 0 Å². The van der Waals surface area contributed by atoms with Gasteiger partial charge < -0.3 is 14.7 Å². The van der Waals surface area contributed by atoms with Crippen molar-refractivity contribution < 1.29 is 14.6 Å². The van der Waals surface area contributed by atoms with Crippen molar-refractivity contribution in [3.8, 4) is 5.75 Å². The minimum atomic E-state index is -0.339. The number of methoxy groups -OCH3 is 1. The number of amides is 1. The number of ether oxygens (including phenoxy) is 1. The molecule has 0 unspecified atom stereocenters. The topological polar surface area (TPSA) is 49.8 Å². The van der Waals surface area contributed by atoms with E-state index in [1.54, 1.807) is 12.0 Å². The summed E-state index contributed by atoms with van der Waals surface area (Å²) < 4.78 is 5.09. The van der Waals surface area contributed by atoms with Gasteiger partial charge in [0.1, 0.15) is 5.75 Å². The average molecular weight is 221 g/mol. The third kappa shape index (κ3) is 2.33. The minimum Gasteiger partial charge on any atom is -0.497 e. The second kappa shape index (κ2) is 4.53. The first-order valence-corrected chi connectivity index (χ1v) is 5.28. The summed E-state index contributed by atoms with van der Waals surface area (Å²) in [6.45, 7) is 0.922. The van der Waals surface area contributed by atoms with Gasteiger partial charge in [-0.25, -0.2) is 0 Å². The van der Waals surface area contributed by atoms with Crippen molar-refractivity contribution in [3.63, 3.8) is 0 Å². The van der Waals surface area contributed by atoms with Crippen LogP contribution in [0.5, 0.6) is 5.75 Å². The first-order valence-electron chi connectivity index (χ1n) is 5.28. The van der Waals surface area contributed by atoms with Crippen molar-refractivity contribution in [1.29, 1.82) is 0 Å². The van der Waals surface area contributed by atoms with Crippen LogP contribution in [0.25, 0.3) is 0 Å². The highest BCUT2D eigenvalue weighted by atomic mass is 16.5. The Hall–Kier alpha value is -1.55. The molecule has 0 saturated carbocycles. The van der Waals surface area contributed by atoms with Gasteiger partial charge in [-0.2, -0.15) is 0 Å². The number of nitrogens with zero attached hydrogens (tertiary/aromatic N) is 1. The maximum absolute atomic E-state index is 11.7. The van der Waals surface area contributed by atoms with Crippen LogP contribution in [0, 0.1) is 0 Å². The fourth-order valence-electron chi connectivity index (χ4n) is 1.73. The maximum Gasteiger partial charge on any atom is 0.227 e. The van der Waals surface area contributed by atoms with Crippen molar-refractivity contribution in [3.05, 3.63) is 29.8 Å². The van der Waals surface area contributed by atoms with Gasteiger partial charge in [0.2, 0.25) is 5.91 Å². The lowest BCUT2D eigenvalue weighted by atomic mass is 10.1. The zero-order chi connectivity index (χ0) is 11.5. The van der Waals surface area contributed by atoms with E-state index in [-0.39, 0.29) is 12.0 Å². The largest absolute Gasteiger partial charge is 0.497 e. The third-order valence-corrected chi connectivity index (χ3v) is 2.70. The summed E-state index contributed by atoms with van der Waals surface area (Å²) in [6.07, 6.45) is 0.0264. The number of hydrogen-bond acceptors (Lipinski definition) is 3. The molecular weight excluding hydrogens is 206 g/mol. The van der Waals surface area contributed by atoms with Gasteiger partial charge in [-0.3, -0.25) is 4.79 Å². The van der Waals surface area contributed by atoms with Crippen molar-refractivity contribution in [2.45, 2.75) is 12.5 Å². The van der Waals surface area contributed by atoms with E-state index >= 15 is 0 Å². The standard InChI is InChI=1S/C12H15NO3/c1-16-11-4-2-3-9(5-11)6-12(15)13-7-10(14)8-13/h2-5,10,14H,6-8H2,1H3. The van der Waals surface area contributed by atoms with Gasteiger partial charge in [-0.05, 0) is 17.7 Å². The van der Waals surface area contributed by atoms with Gasteiger partial charge in [-0.15, -0.1) is 0 Å². The van der Waals surface area contributed by atoms with E-state index in [4.69, 9.17) is 9.84 Å². The molecule has 0 atom stereocenters. The summed E-state index contributed by atoms with van der Waals surface area (Å²) in [5, 5.41) is 9.10. The lowest BCUT2D eigenvalue weighted by Crippen LogP contribution is -2.53. The smallest absolute Gasteiger partial charge is 0.227 e. The van der Waals surface area contributed by atoms with E-state index in [1.807, 2.05) is 24.3 Å². The highest BCUT2D eigenvalue weighted by Gasteiger charge is 2.28. The molecule has 1 aliphatic heterocycles. The highest BCUT2D eigenvalue weighted by molar-refractivity contribution is 5.79. The molecule has 0 aliphatic carbocycles. The van der Waals surface area contributed by atoms with E-state index in [0.29, 0.717) is 19.5 Å².